The summed E-state index contributed by atoms with van der Waals surface area (Å²) in [5, 5.41) is 11.0. The molecule has 0 spiro atoms. The Balaban J connectivity index is 2.81. The molecule has 13 heavy (non-hydrogen) atoms. The average Bonchev–Trinajstić information content (AvgIpc) is 2.46. The molecule has 1 atom stereocenters. The normalized spacial score (nSPS) is 12.7. The summed E-state index contributed by atoms with van der Waals surface area (Å²) in [7, 11) is 0. The van der Waals surface area contributed by atoms with E-state index in [1.54, 1.807) is 5.38 Å². The van der Waals surface area contributed by atoms with Crippen molar-refractivity contribution in [3.05, 3.63) is 11.1 Å². The lowest BCUT2D eigenvalue weighted by molar-refractivity contribution is -0.139. The summed E-state index contributed by atoms with van der Waals surface area (Å²) < 4.78 is 0. The van der Waals surface area contributed by atoms with Gasteiger partial charge in [-0.2, -0.15) is 0 Å². The summed E-state index contributed by atoms with van der Waals surface area (Å²) in [6, 6.07) is 0. The summed E-state index contributed by atoms with van der Waals surface area (Å²) in [6.07, 6.45) is 1.44. The zero-order chi connectivity index (χ0) is 9.84. The summed E-state index contributed by atoms with van der Waals surface area (Å²) in [5.41, 5.74) is 6.01. The second-order valence-corrected chi connectivity index (χ2v) is 3.68. The van der Waals surface area contributed by atoms with Crippen LogP contribution in [-0.4, -0.2) is 16.1 Å². The Labute approximate surface area is 80.4 Å². The molecule has 1 rings (SSSR count). The van der Waals surface area contributed by atoms with E-state index in [2.05, 4.69) is 4.98 Å². The first-order chi connectivity index (χ1) is 6.15. The lowest BCUT2D eigenvalue weighted by Gasteiger charge is -2.06. The Morgan fingerprint density at radius 2 is 2.54 bits per heavy atom. The van der Waals surface area contributed by atoms with Crippen molar-refractivity contribution in [2.45, 2.75) is 25.7 Å². The maximum atomic E-state index is 10.8. The van der Waals surface area contributed by atoms with E-state index in [1.807, 2.05) is 6.92 Å². The van der Waals surface area contributed by atoms with Crippen molar-refractivity contribution in [1.82, 2.24) is 4.98 Å². The molecule has 5 heteroatoms. The van der Waals surface area contributed by atoms with Crippen molar-refractivity contribution in [2.24, 2.45) is 0 Å². The molecular formula is C8H12N2O2S. The van der Waals surface area contributed by atoms with E-state index in [0.29, 0.717) is 17.2 Å². The number of rotatable bonds is 4. The fourth-order valence-electron chi connectivity index (χ4n) is 1.15. The molecule has 0 aromatic carbocycles. The van der Waals surface area contributed by atoms with Crippen LogP contribution < -0.4 is 5.73 Å². The van der Waals surface area contributed by atoms with E-state index in [1.165, 1.54) is 11.3 Å². The first kappa shape index (κ1) is 9.98. The third-order valence-corrected chi connectivity index (χ3v) is 2.46. The van der Waals surface area contributed by atoms with Gasteiger partial charge in [0, 0.05) is 5.38 Å². The monoisotopic (exact) mass is 200 g/mol. The highest BCUT2D eigenvalue weighted by molar-refractivity contribution is 7.13. The molecule has 0 aliphatic rings. The minimum atomic E-state index is -0.827. The number of thiazole rings is 1. The van der Waals surface area contributed by atoms with Crippen molar-refractivity contribution in [1.29, 1.82) is 0 Å². The van der Waals surface area contributed by atoms with Gasteiger partial charge in [0.2, 0.25) is 0 Å². The van der Waals surface area contributed by atoms with Gasteiger partial charge in [0.05, 0.1) is 11.6 Å². The molecule has 1 unspecified atom stereocenters. The van der Waals surface area contributed by atoms with Gasteiger partial charge in [-0.1, -0.05) is 13.3 Å². The first-order valence-corrected chi connectivity index (χ1v) is 4.96. The van der Waals surface area contributed by atoms with E-state index in [9.17, 15) is 4.79 Å². The highest BCUT2D eigenvalue weighted by Crippen LogP contribution is 2.24. The number of aromatic nitrogens is 1. The predicted molar refractivity (Wildman–Crippen MR) is 51.8 cm³/mol. The minimum absolute atomic E-state index is 0.428. The molecule has 0 fully saturated rings. The summed E-state index contributed by atoms with van der Waals surface area (Å²) in [5.74, 6) is -1.33. The molecule has 0 radical (unpaired) electrons. The van der Waals surface area contributed by atoms with Crippen molar-refractivity contribution in [3.8, 4) is 0 Å². The van der Waals surface area contributed by atoms with Gasteiger partial charge < -0.3 is 10.8 Å². The summed E-state index contributed by atoms with van der Waals surface area (Å²) in [4.78, 5) is 14.8. The van der Waals surface area contributed by atoms with Gasteiger partial charge >= 0.3 is 5.97 Å². The standard InChI is InChI=1S/C8H12N2O2S/c1-2-3-5(7(11)12)6-4-13-8(9)10-6/h4-5H,2-3H2,1H3,(H2,9,10)(H,11,12). The Morgan fingerprint density at radius 1 is 1.85 bits per heavy atom. The second kappa shape index (κ2) is 4.23. The number of anilines is 1. The van der Waals surface area contributed by atoms with Gasteiger partial charge in [0.1, 0.15) is 0 Å². The van der Waals surface area contributed by atoms with Gasteiger partial charge in [0.15, 0.2) is 5.13 Å². The number of carbonyl (C=O) groups is 1. The van der Waals surface area contributed by atoms with Crippen molar-refractivity contribution >= 4 is 22.4 Å². The van der Waals surface area contributed by atoms with Crippen molar-refractivity contribution < 1.29 is 9.90 Å². The fraction of sp³-hybridized carbons (Fsp3) is 0.500. The van der Waals surface area contributed by atoms with Crippen LogP contribution in [0.3, 0.4) is 0 Å². The second-order valence-electron chi connectivity index (χ2n) is 2.79. The third kappa shape index (κ3) is 2.42. The maximum absolute atomic E-state index is 10.8. The fourth-order valence-corrected chi connectivity index (χ4v) is 1.76. The molecule has 0 aliphatic heterocycles. The molecule has 0 saturated carbocycles. The molecule has 4 nitrogen and oxygen atoms in total. The number of hydrogen-bond acceptors (Lipinski definition) is 4. The quantitative estimate of drug-likeness (QED) is 0.775. The molecule has 3 N–H and O–H groups in total. The van der Waals surface area contributed by atoms with Crippen LogP contribution in [0.2, 0.25) is 0 Å². The maximum Gasteiger partial charge on any atom is 0.312 e. The van der Waals surface area contributed by atoms with Crippen molar-refractivity contribution in [2.75, 3.05) is 5.73 Å². The van der Waals surface area contributed by atoms with Crippen LogP contribution in [-0.2, 0) is 4.79 Å². The summed E-state index contributed by atoms with van der Waals surface area (Å²) in [6.45, 7) is 1.95. The molecule has 0 aliphatic carbocycles. The zero-order valence-corrected chi connectivity index (χ0v) is 8.17. The largest absolute Gasteiger partial charge is 0.481 e. The molecule has 1 heterocycles. The van der Waals surface area contributed by atoms with Crippen LogP contribution in [0.15, 0.2) is 5.38 Å². The van der Waals surface area contributed by atoms with Crippen LogP contribution in [0.1, 0.15) is 31.4 Å². The van der Waals surface area contributed by atoms with Gasteiger partial charge in [-0.05, 0) is 6.42 Å². The number of nitrogens with zero attached hydrogens (tertiary/aromatic N) is 1. The van der Waals surface area contributed by atoms with E-state index in [-0.39, 0.29) is 0 Å². The van der Waals surface area contributed by atoms with Crippen LogP contribution in [0, 0.1) is 0 Å². The number of carboxylic acids is 1. The molecule has 0 saturated heterocycles. The van der Waals surface area contributed by atoms with E-state index in [4.69, 9.17) is 10.8 Å². The molecule has 0 amide bonds. The van der Waals surface area contributed by atoms with Crippen LogP contribution in [0.4, 0.5) is 5.13 Å². The lowest BCUT2D eigenvalue weighted by Crippen LogP contribution is -2.11. The average molecular weight is 200 g/mol. The third-order valence-electron chi connectivity index (χ3n) is 1.77. The van der Waals surface area contributed by atoms with Crippen LogP contribution in [0.5, 0.6) is 0 Å². The highest BCUT2D eigenvalue weighted by atomic mass is 32.1. The van der Waals surface area contributed by atoms with E-state index >= 15 is 0 Å². The Bertz CT molecular complexity index is 298. The van der Waals surface area contributed by atoms with Crippen LogP contribution >= 0.6 is 11.3 Å². The molecule has 72 valence electrons. The first-order valence-electron chi connectivity index (χ1n) is 4.08. The highest BCUT2D eigenvalue weighted by Gasteiger charge is 2.21. The molecule has 1 aromatic rings. The molecular weight excluding hydrogens is 188 g/mol. The number of aliphatic carboxylic acids is 1. The minimum Gasteiger partial charge on any atom is -0.481 e. The Morgan fingerprint density at radius 3 is 2.92 bits per heavy atom. The number of carboxylic acid groups (broad SMARTS) is 1. The van der Waals surface area contributed by atoms with Gasteiger partial charge in [-0.15, -0.1) is 11.3 Å². The number of nitrogens with two attached hydrogens (primary N) is 1. The Kier molecular flexibility index (Phi) is 3.25. The smallest absolute Gasteiger partial charge is 0.312 e. The predicted octanol–water partition coefficient (Wildman–Crippen LogP) is 1.69. The van der Waals surface area contributed by atoms with Crippen LogP contribution in [0.25, 0.3) is 0 Å². The molecule has 1 aromatic heterocycles. The van der Waals surface area contributed by atoms with Gasteiger partial charge in [0.25, 0.3) is 0 Å². The van der Waals surface area contributed by atoms with E-state index in [0.717, 1.165) is 6.42 Å². The van der Waals surface area contributed by atoms with E-state index < -0.39 is 11.9 Å². The molecule has 0 bridgehead atoms. The lowest BCUT2D eigenvalue weighted by atomic mass is 10.0. The van der Waals surface area contributed by atoms with Gasteiger partial charge in [-0.25, -0.2) is 4.98 Å². The number of nitrogen functional groups attached to an aromatic ring is 1. The summed E-state index contributed by atoms with van der Waals surface area (Å²) >= 11 is 1.28. The topological polar surface area (TPSA) is 76.2 Å². The zero-order valence-electron chi connectivity index (χ0n) is 7.36. The van der Waals surface area contributed by atoms with Crippen molar-refractivity contribution in [3.63, 3.8) is 0 Å². The SMILES string of the molecule is CCCC(C(=O)O)c1csc(N)n1. The number of hydrogen-bond donors (Lipinski definition) is 2. The Hall–Kier alpha value is -1.10. The van der Waals surface area contributed by atoms with Gasteiger partial charge in [-0.3, -0.25) is 4.79 Å².